The van der Waals surface area contributed by atoms with E-state index in [0.717, 1.165) is 11.1 Å². The lowest BCUT2D eigenvalue weighted by Gasteiger charge is -2.14. The Morgan fingerprint density at radius 3 is 2.79 bits per heavy atom. The molecule has 1 amide bonds. The summed E-state index contributed by atoms with van der Waals surface area (Å²) < 4.78 is 6.57. The SMILES string of the molecule is COCC(C(=O)NN)n1cc(-c2ccccc2)cn1. The Kier molecular flexibility index (Phi) is 4.27. The Labute approximate surface area is 111 Å². The van der Waals surface area contributed by atoms with Gasteiger partial charge in [0.25, 0.3) is 5.91 Å². The number of hydrogen-bond donors (Lipinski definition) is 2. The van der Waals surface area contributed by atoms with Gasteiger partial charge in [0.05, 0.1) is 12.8 Å². The van der Waals surface area contributed by atoms with Crippen LogP contribution in [-0.4, -0.2) is 29.4 Å². The van der Waals surface area contributed by atoms with Crippen LogP contribution in [0.1, 0.15) is 6.04 Å². The minimum atomic E-state index is -0.576. The van der Waals surface area contributed by atoms with Gasteiger partial charge in [-0.15, -0.1) is 0 Å². The van der Waals surface area contributed by atoms with Gasteiger partial charge in [0.2, 0.25) is 0 Å². The maximum Gasteiger partial charge on any atom is 0.261 e. The molecule has 0 saturated heterocycles. The van der Waals surface area contributed by atoms with E-state index in [-0.39, 0.29) is 12.5 Å². The van der Waals surface area contributed by atoms with Gasteiger partial charge in [0.1, 0.15) is 0 Å². The van der Waals surface area contributed by atoms with Crippen LogP contribution in [0.15, 0.2) is 42.7 Å². The van der Waals surface area contributed by atoms with Gasteiger partial charge in [-0.25, -0.2) is 5.84 Å². The zero-order chi connectivity index (χ0) is 13.7. The number of nitrogens with one attached hydrogen (secondary N) is 1. The van der Waals surface area contributed by atoms with Crippen molar-refractivity contribution in [3.63, 3.8) is 0 Å². The van der Waals surface area contributed by atoms with E-state index in [1.165, 1.54) is 7.11 Å². The average molecular weight is 260 g/mol. The number of rotatable bonds is 5. The van der Waals surface area contributed by atoms with Crippen LogP contribution in [0.5, 0.6) is 0 Å². The third-order valence-corrected chi connectivity index (χ3v) is 2.80. The summed E-state index contributed by atoms with van der Waals surface area (Å²) >= 11 is 0. The number of methoxy groups -OCH3 is 1. The summed E-state index contributed by atoms with van der Waals surface area (Å²) in [6.07, 6.45) is 3.51. The van der Waals surface area contributed by atoms with E-state index in [2.05, 4.69) is 10.5 Å². The molecule has 0 fully saturated rings. The van der Waals surface area contributed by atoms with Gasteiger partial charge < -0.3 is 4.74 Å². The van der Waals surface area contributed by atoms with Gasteiger partial charge >= 0.3 is 0 Å². The number of aromatic nitrogens is 2. The Hall–Kier alpha value is -2.18. The lowest BCUT2D eigenvalue weighted by atomic mass is 10.1. The zero-order valence-corrected chi connectivity index (χ0v) is 10.6. The van der Waals surface area contributed by atoms with Crippen LogP contribution in [0.3, 0.4) is 0 Å². The molecular weight excluding hydrogens is 244 g/mol. The third kappa shape index (κ3) is 2.98. The maximum absolute atomic E-state index is 11.7. The smallest absolute Gasteiger partial charge is 0.261 e. The van der Waals surface area contributed by atoms with E-state index in [1.807, 2.05) is 30.3 Å². The molecule has 0 aliphatic carbocycles. The van der Waals surface area contributed by atoms with Crippen molar-refractivity contribution in [2.24, 2.45) is 5.84 Å². The van der Waals surface area contributed by atoms with Crippen molar-refractivity contribution in [2.45, 2.75) is 6.04 Å². The summed E-state index contributed by atoms with van der Waals surface area (Å²) in [6, 6.07) is 9.24. The minimum absolute atomic E-state index is 0.207. The quantitative estimate of drug-likeness (QED) is 0.471. The van der Waals surface area contributed by atoms with E-state index >= 15 is 0 Å². The van der Waals surface area contributed by atoms with E-state index in [0.29, 0.717) is 0 Å². The standard InChI is InChI=1S/C13H16N4O2/c1-19-9-12(13(18)16-14)17-8-11(7-15-17)10-5-3-2-4-6-10/h2-8,12H,9,14H2,1H3,(H,16,18). The fourth-order valence-electron chi connectivity index (χ4n) is 1.81. The highest BCUT2D eigenvalue weighted by atomic mass is 16.5. The summed E-state index contributed by atoms with van der Waals surface area (Å²) in [7, 11) is 1.53. The lowest BCUT2D eigenvalue weighted by Crippen LogP contribution is -2.39. The van der Waals surface area contributed by atoms with E-state index in [1.54, 1.807) is 17.1 Å². The Bertz CT molecular complexity index is 539. The van der Waals surface area contributed by atoms with Crippen molar-refractivity contribution in [3.8, 4) is 11.1 Å². The second-order valence-corrected chi connectivity index (χ2v) is 4.05. The van der Waals surface area contributed by atoms with Crippen molar-refractivity contribution in [1.29, 1.82) is 0 Å². The summed E-state index contributed by atoms with van der Waals surface area (Å²) in [5.74, 6) is 4.82. The molecule has 0 aliphatic rings. The monoisotopic (exact) mass is 260 g/mol. The second kappa shape index (κ2) is 6.12. The van der Waals surface area contributed by atoms with Gasteiger partial charge in [-0.1, -0.05) is 30.3 Å². The number of carbonyl (C=O) groups is 1. The molecule has 19 heavy (non-hydrogen) atoms. The Morgan fingerprint density at radius 1 is 1.42 bits per heavy atom. The molecule has 0 radical (unpaired) electrons. The molecule has 1 aromatic carbocycles. The van der Waals surface area contributed by atoms with Crippen LogP contribution in [0.2, 0.25) is 0 Å². The number of hydrogen-bond acceptors (Lipinski definition) is 4. The van der Waals surface area contributed by atoms with E-state index in [9.17, 15) is 4.79 Å². The first-order valence-electron chi connectivity index (χ1n) is 5.85. The number of amides is 1. The lowest BCUT2D eigenvalue weighted by molar-refractivity contribution is -0.126. The summed E-state index contributed by atoms with van der Waals surface area (Å²) in [4.78, 5) is 11.7. The van der Waals surface area contributed by atoms with Crippen molar-refractivity contribution >= 4 is 5.91 Å². The van der Waals surface area contributed by atoms with E-state index < -0.39 is 6.04 Å². The second-order valence-electron chi connectivity index (χ2n) is 4.05. The third-order valence-electron chi connectivity index (χ3n) is 2.80. The molecule has 6 nitrogen and oxygen atoms in total. The van der Waals surface area contributed by atoms with Crippen molar-refractivity contribution in [2.75, 3.05) is 13.7 Å². The number of nitrogens with zero attached hydrogens (tertiary/aromatic N) is 2. The number of hydrazine groups is 1. The molecule has 100 valence electrons. The van der Waals surface area contributed by atoms with Gasteiger partial charge in [0, 0.05) is 18.9 Å². The molecule has 6 heteroatoms. The summed E-state index contributed by atoms with van der Waals surface area (Å²) in [5, 5.41) is 4.20. The van der Waals surface area contributed by atoms with Crippen LogP contribution in [0.25, 0.3) is 11.1 Å². The predicted octanol–water partition coefficient (Wildman–Crippen LogP) is 0.727. The molecule has 1 heterocycles. The van der Waals surface area contributed by atoms with Crippen LogP contribution in [0.4, 0.5) is 0 Å². The first-order valence-corrected chi connectivity index (χ1v) is 5.85. The maximum atomic E-state index is 11.7. The molecule has 1 aromatic heterocycles. The first kappa shape index (κ1) is 13.3. The summed E-state index contributed by atoms with van der Waals surface area (Å²) in [6.45, 7) is 0.207. The minimum Gasteiger partial charge on any atom is -0.382 e. The Morgan fingerprint density at radius 2 is 2.16 bits per heavy atom. The molecule has 0 bridgehead atoms. The van der Waals surface area contributed by atoms with Gasteiger partial charge in [-0.05, 0) is 5.56 Å². The normalized spacial score (nSPS) is 12.1. The summed E-state index contributed by atoms with van der Waals surface area (Å²) in [5.41, 5.74) is 4.09. The Balaban J connectivity index is 2.26. The topological polar surface area (TPSA) is 82.2 Å². The number of carbonyl (C=O) groups excluding carboxylic acids is 1. The van der Waals surface area contributed by atoms with Gasteiger partial charge in [-0.2, -0.15) is 5.10 Å². The fraction of sp³-hybridized carbons (Fsp3) is 0.231. The van der Waals surface area contributed by atoms with Crippen LogP contribution in [-0.2, 0) is 9.53 Å². The van der Waals surface area contributed by atoms with Gasteiger partial charge in [0.15, 0.2) is 6.04 Å². The molecule has 3 N–H and O–H groups in total. The van der Waals surface area contributed by atoms with Gasteiger partial charge in [-0.3, -0.25) is 14.9 Å². The van der Waals surface area contributed by atoms with Crippen molar-refractivity contribution in [3.05, 3.63) is 42.7 Å². The molecular formula is C13H16N4O2. The molecule has 0 spiro atoms. The highest BCUT2D eigenvalue weighted by Crippen LogP contribution is 2.19. The molecule has 2 aromatic rings. The number of nitrogens with two attached hydrogens (primary N) is 1. The van der Waals surface area contributed by atoms with Crippen LogP contribution >= 0.6 is 0 Å². The predicted molar refractivity (Wildman–Crippen MR) is 70.9 cm³/mol. The van der Waals surface area contributed by atoms with Crippen molar-refractivity contribution < 1.29 is 9.53 Å². The van der Waals surface area contributed by atoms with Crippen molar-refractivity contribution in [1.82, 2.24) is 15.2 Å². The molecule has 0 saturated carbocycles. The highest BCUT2D eigenvalue weighted by Gasteiger charge is 2.20. The average Bonchev–Trinajstić information content (AvgIpc) is 2.94. The first-order chi connectivity index (χ1) is 9.26. The highest BCUT2D eigenvalue weighted by molar-refractivity contribution is 5.79. The largest absolute Gasteiger partial charge is 0.382 e. The number of ether oxygens (including phenoxy) is 1. The van der Waals surface area contributed by atoms with Crippen LogP contribution < -0.4 is 11.3 Å². The molecule has 0 aliphatic heterocycles. The molecule has 1 atom stereocenters. The molecule has 2 rings (SSSR count). The molecule has 1 unspecified atom stereocenters. The zero-order valence-electron chi connectivity index (χ0n) is 10.6. The van der Waals surface area contributed by atoms with E-state index in [4.69, 9.17) is 10.6 Å². The fourth-order valence-corrected chi connectivity index (χ4v) is 1.81. The van der Waals surface area contributed by atoms with Crippen LogP contribution in [0, 0.1) is 0 Å². The number of benzene rings is 1.